The fourth-order valence-corrected chi connectivity index (χ4v) is 5.28. The molecule has 5 heteroatoms. The molecule has 0 fully saturated rings. The largest absolute Gasteiger partial charge is 0.497 e. The van der Waals surface area contributed by atoms with Crippen molar-refractivity contribution in [3.63, 3.8) is 0 Å². The molecule has 2 N–H and O–H groups in total. The lowest BCUT2D eigenvalue weighted by Gasteiger charge is -2.26. The molecule has 1 aliphatic heterocycles. The van der Waals surface area contributed by atoms with Crippen molar-refractivity contribution in [3.8, 4) is 17.0 Å². The SMILES string of the molecule is COc1cc2c(c(Cc3ccccc3)c1)-c1cc3cc(CO)c(CO)cc3c(N(C)C)[n+]1CC2. The molecule has 34 heavy (non-hydrogen) atoms. The van der Waals surface area contributed by atoms with Gasteiger partial charge >= 0.3 is 0 Å². The summed E-state index contributed by atoms with van der Waals surface area (Å²) in [7, 11) is 5.86. The van der Waals surface area contributed by atoms with Crippen molar-refractivity contribution >= 4 is 16.6 Å². The molecule has 0 saturated carbocycles. The number of methoxy groups -OCH3 is 1. The summed E-state index contributed by atoms with van der Waals surface area (Å²) in [6.07, 6.45) is 1.74. The maximum atomic E-state index is 9.91. The van der Waals surface area contributed by atoms with Crippen molar-refractivity contribution in [1.82, 2.24) is 0 Å². The van der Waals surface area contributed by atoms with Crippen LogP contribution >= 0.6 is 0 Å². The average Bonchev–Trinajstić information content (AvgIpc) is 2.86. The van der Waals surface area contributed by atoms with Gasteiger partial charge in [-0.3, -0.25) is 4.90 Å². The van der Waals surface area contributed by atoms with Crippen LogP contribution in [0.1, 0.15) is 27.8 Å². The molecule has 0 saturated heterocycles. The van der Waals surface area contributed by atoms with Crippen LogP contribution in [0.15, 0.2) is 60.7 Å². The van der Waals surface area contributed by atoms with E-state index >= 15 is 0 Å². The summed E-state index contributed by atoms with van der Waals surface area (Å²) in [5.41, 5.74) is 7.77. The van der Waals surface area contributed by atoms with Crippen molar-refractivity contribution in [2.45, 2.75) is 32.6 Å². The molecule has 1 aliphatic rings. The van der Waals surface area contributed by atoms with Crippen LogP contribution in [0.3, 0.4) is 0 Å². The molecule has 0 aliphatic carbocycles. The third-order valence-corrected chi connectivity index (χ3v) is 6.82. The van der Waals surface area contributed by atoms with Gasteiger partial charge in [-0.05, 0) is 70.0 Å². The summed E-state index contributed by atoms with van der Waals surface area (Å²) in [5.74, 6) is 2.00. The van der Waals surface area contributed by atoms with Crippen molar-refractivity contribution in [2.24, 2.45) is 0 Å². The fourth-order valence-electron chi connectivity index (χ4n) is 5.28. The molecule has 0 bridgehead atoms. The first-order chi connectivity index (χ1) is 16.5. The number of benzene rings is 3. The highest BCUT2D eigenvalue weighted by molar-refractivity contribution is 5.94. The van der Waals surface area contributed by atoms with E-state index in [1.54, 1.807) is 7.11 Å². The van der Waals surface area contributed by atoms with Crippen LogP contribution in [0.5, 0.6) is 5.75 Å². The quantitative estimate of drug-likeness (QED) is 0.432. The fraction of sp³-hybridized carbons (Fsp3) is 0.276. The molecule has 5 rings (SSSR count). The highest BCUT2D eigenvalue weighted by Crippen LogP contribution is 2.38. The number of aliphatic hydroxyl groups excluding tert-OH is 2. The van der Waals surface area contributed by atoms with Crippen molar-refractivity contribution in [2.75, 3.05) is 26.1 Å². The van der Waals surface area contributed by atoms with Crippen molar-refractivity contribution in [3.05, 3.63) is 88.5 Å². The van der Waals surface area contributed by atoms with Crippen LogP contribution in [0.25, 0.3) is 22.0 Å². The zero-order valence-corrected chi connectivity index (χ0v) is 20.0. The minimum Gasteiger partial charge on any atom is -0.497 e. The third-order valence-electron chi connectivity index (χ3n) is 6.82. The van der Waals surface area contributed by atoms with Crippen molar-refractivity contribution < 1.29 is 19.5 Å². The minimum absolute atomic E-state index is 0.0930. The first kappa shape index (κ1) is 22.4. The lowest BCUT2D eigenvalue weighted by Crippen LogP contribution is -2.45. The average molecular weight is 456 g/mol. The third kappa shape index (κ3) is 3.81. The van der Waals surface area contributed by atoms with Gasteiger partial charge in [0.05, 0.1) is 46.3 Å². The second-order valence-electron chi connectivity index (χ2n) is 9.16. The van der Waals surface area contributed by atoms with E-state index in [4.69, 9.17) is 4.74 Å². The van der Waals surface area contributed by atoms with Gasteiger partial charge in [-0.15, -0.1) is 0 Å². The number of aliphatic hydroxyl groups is 2. The lowest BCUT2D eigenvalue weighted by atomic mass is 9.88. The Balaban J connectivity index is 1.80. The summed E-state index contributed by atoms with van der Waals surface area (Å²) in [6, 6.07) is 21.1. The molecule has 174 valence electrons. The second kappa shape index (κ2) is 9.09. The van der Waals surface area contributed by atoms with E-state index in [1.165, 1.54) is 27.9 Å². The predicted molar refractivity (Wildman–Crippen MR) is 135 cm³/mol. The summed E-state index contributed by atoms with van der Waals surface area (Å²) < 4.78 is 8.06. The number of hydrogen-bond donors (Lipinski definition) is 2. The van der Waals surface area contributed by atoms with E-state index in [2.05, 4.69) is 66.0 Å². The first-order valence-corrected chi connectivity index (χ1v) is 11.7. The summed E-state index contributed by atoms with van der Waals surface area (Å²) >= 11 is 0. The van der Waals surface area contributed by atoms with E-state index < -0.39 is 0 Å². The Hall–Kier alpha value is -3.41. The maximum Gasteiger partial charge on any atom is 0.284 e. The molecule has 3 aromatic carbocycles. The number of pyridine rings is 1. The monoisotopic (exact) mass is 455 g/mol. The molecule has 4 aromatic rings. The lowest BCUT2D eigenvalue weighted by molar-refractivity contribution is -0.674. The zero-order chi connectivity index (χ0) is 23.8. The highest BCUT2D eigenvalue weighted by Gasteiger charge is 2.30. The van der Waals surface area contributed by atoms with E-state index in [0.29, 0.717) is 0 Å². The first-order valence-electron chi connectivity index (χ1n) is 11.7. The van der Waals surface area contributed by atoms with Gasteiger partial charge in [0, 0.05) is 12.0 Å². The van der Waals surface area contributed by atoms with Crippen molar-refractivity contribution in [1.29, 1.82) is 0 Å². The number of fused-ring (bicyclic) bond motifs is 4. The number of rotatable bonds is 6. The Morgan fingerprint density at radius 1 is 0.912 bits per heavy atom. The predicted octanol–water partition coefficient (Wildman–Crippen LogP) is 4.00. The zero-order valence-electron chi connectivity index (χ0n) is 20.0. The van der Waals surface area contributed by atoms with Gasteiger partial charge in [-0.1, -0.05) is 30.3 Å². The van der Waals surface area contributed by atoms with Gasteiger partial charge in [0.2, 0.25) is 0 Å². The molecule has 2 heterocycles. The summed E-state index contributed by atoms with van der Waals surface area (Å²) in [4.78, 5) is 2.15. The van der Waals surface area contributed by atoms with E-state index in [-0.39, 0.29) is 13.2 Å². The Morgan fingerprint density at radius 3 is 2.32 bits per heavy atom. The molecule has 0 radical (unpaired) electrons. The minimum atomic E-state index is -0.0968. The number of hydrogen-bond acceptors (Lipinski definition) is 4. The van der Waals surface area contributed by atoms with Crippen LogP contribution in [0.2, 0.25) is 0 Å². The van der Waals surface area contributed by atoms with Gasteiger partial charge in [0.1, 0.15) is 11.4 Å². The van der Waals surface area contributed by atoms with Gasteiger partial charge in [-0.25, -0.2) is 4.57 Å². The van der Waals surface area contributed by atoms with E-state index in [0.717, 1.165) is 52.9 Å². The Kier molecular flexibility index (Phi) is 5.98. The molecule has 1 aromatic heterocycles. The summed E-state index contributed by atoms with van der Waals surface area (Å²) in [6.45, 7) is 0.671. The molecule has 0 unspecified atom stereocenters. The van der Waals surface area contributed by atoms with Crippen LogP contribution < -0.4 is 14.2 Å². The molecular weight excluding hydrogens is 424 g/mol. The van der Waals surface area contributed by atoms with Gasteiger partial charge in [0.25, 0.3) is 5.82 Å². The number of anilines is 1. The van der Waals surface area contributed by atoms with Crippen LogP contribution in [-0.2, 0) is 32.6 Å². The standard InChI is InChI=1S/C29H31N2O3/c1-30(2)29-26-15-24(18-33)23(17-32)12-21(26)16-27-28-20(9-10-31(27)29)13-25(34-3)14-22(28)11-19-7-5-4-6-8-19/h4-8,12-16,32-33H,9-11,17-18H2,1-3H3/q+1. The van der Waals surface area contributed by atoms with E-state index in [9.17, 15) is 10.2 Å². The highest BCUT2D eigenvalue weighted by atomic mass is 16.5. The van der Waals surface area contributed by atoms with E-state index in [1.807, 2.05) is 18.2 Å². The Labute approximate surface area is 200 Å². The van der Waals surface area contributed by atoms with Gasteiger partial charge in [-0.2, -0.15) is 0 Å². The van der Waals surface area contributed by atoms with Crippen LogP contribution in [0.4, 0.5) is 5.82 Å². The topological polar surface area (TPSA) is 56.8 Å². The Morgan fingerprint density at radius 2 is 1.65 bits per heavy atom. The maximum absolute atomic E-state index is 9.91. The molecule has 5 nitrogen and oxygen atoms in total. The van der Waals surface area contributed by atoms with Crippen LogP contribution in [-0.4, -0.2) is 31.4 Å². The Bertz CT molecular complexity index is 1360. The molecule has 0 spiro atoms. The smallest absolute Gasteiger partial charge is 0.284 e. The van der Waals surface area contributed by atoms with Crippen LogP contribution in [0, 0.1) is 0 Å². The number of aromatic nitrogens is 1. The molecule has 0 atom stereocenters. The summed E-state index contributed by atoms with van der Waals surface area (Å²) in [5, 5.41) is 21.9. The normalized spacial score (nSPS) is 12.4. The van der Waals surface area contributed by atoms with Gasteiger partial charge < -0.3 is 14.9 Å². The molecule has 0 amide bonds. The number of nitrogens with zero attached hydrogens (tertiary/aromatic N) is 2. The number of ether oxygens (including phenoxy) is 1. The number of aryl methyl sites for hydroxylation is 1. The molecular formula is C29H31N2O3+. The van der Waals surface area contributed by atoms with Gasteiger partial charge in [0.15, 0.2) is 0 Å². The second-order valence-corrected chi connectivity index (χ2v) is 9.16.